The predicted molar refractivity (Wildman–Crippen MR) is 108 cm³/mol. The average Bonchev–Trinajstić information content (AvgIpc) is 3.29. The van der Waals surface area contributed by atoms with E-state index < -0.39 is 0 Å². The van der Waals surface area contributed by atoms with Crippen molar-refractivity contribution in [2.45, 2.75) is 39.8 Å². The van der Waals surface area contributed by atoms with E-state index in [2.05, 4.69) is 24.3 Å². The maximum absolute atomic E-state index is 12.2. The van der Waals surface area contributed by atoms with Gasteiger partial charge in [0.1, 0.15) is 18.1 Å². The lowest BCUT2D eigenvalue weighted by Gasteiger charge is -2.15. The van der Waals surface area contributed by atoms with E-state index in [9.17, 15) is 4.79 Å². The molecule has 0 radical (unpaired) electrons. The lowest BCUT2D eigenvalue weighted by Crippen LogP contribution is -2.22. The molecular formula is C21H24ClN3O3. The lowest BCUT2D eigenvalue weighted by molar-refractivity contribution is 0.0918. The van der Waals surface area contributed by atoms with E-state index in [1.54, 1.807) is 16.8 Å². The van der Waals surface area contributed by atoms with Gasteiger partial charge in [0.25, 0.3) is 5.91 Å². The molecule has 2 aromatic heterocycles. The molecule has 0 saturated heterocycles. The van der Waals surface area contributed by atoms with Gasteiger partial charge in [0.15, 0.2) is 5.76 Å². The second-order valence-corrected chi connectivity index (χ2v) is 7.42. The molecular weight excluding hydrogens is 378 g/mol. The van der Waals surface area contributed by atoms with Crippen LogP contribution in [0.25, 0.3) is 0 Å². The highest BCUT2D eigenvalue weighted by Gasteiger charge is 2.14. The molecule has 0 bridgehead atoms. The summed E-state index contributed by atoms with van der Waals surface area (Å²) in [6.07, 6.45) is 1.83. The monoisotopic (exact) mass is 401 g/mol. The van der Waals surface area contributed by atoms with Gasteiger partial charge >= 0.3 is 0 Å². The van der Waals surface area contributed by atoms with Crippen molar-refractivity contribution in [2.75, 3.05) is 0 Å². The Morgan fingerprint density at radius 3 is 2.79 bits per heavy atom. The van der Waals surface area contributed by atoms with Crippen molar-refractivity contribution in [1.29, 1.82) is 0 Å². The van der Waals surface area contributed by atoms with E-state index >= 15 is 0 Å². The van der Waals surface area contributed by atoms with Crippen LogP contribution in [0.1, 0.15) is 52.9 Å². The number of furan rings is 1. The van der Waals surface area contributed by atoms with Crippen LogP contribution in [-0.2, 0) is 20.2 Å². The average molecular weight is 402 g/mol. The Balaban J connectivity index is 1.62. The van der Waals surface area contributed by atoms with Crippen LogP contribution in [0.2, 0.25) is 5.02 Å². The van der Waals surface area contributed by atoms with E-state index in [4.69, 9.17) is 20.8 Å². The zero-order chi connectivity index (χ0) is 20.3. The normalized spacial score (nSPS) is 11.1. The number of aromatic nitrogens is 2. The van der Waals surface area contributed by atoms with Gasteiger partial charge in [-0.25, -0.2) is 0 Å². The number of nitrogens with zero attached hydrogens (tertiary/aromatic N) is 2. The van der Waals surface area contributed by atoms with E-state index in [0.29, 0.717) is 12.3 Å². The number of amides is 1. The van der Waals surface area contributed by atoms with Crippen LogP contribution >= 0.6 is 11.6 Å². The summed E-state index contributed by atoms with van der Waals surface area (Å²) in [7, 11) is 1.83. The third-order valence-electron chi connectivity index (χ3n) is 4.37. The van der Waals surface area contributed by atoms with Gasteiger partial charge in [-0.05, 0) is 54.3 Å². The van der Waals surface area contributed by atoms with Crippen molar-refractivity contribution in [3.05, 3.63) is 69.9 Å². The number of hydrogen-bond donors (Lipinski definition) is 1. The molecule has 0 aliphatic carbocycles. The molecule has 0 fully saturated rings. The molecule has 0 unspecified atom stereocenters. The molecule has 0 spiro atoms. The minimum Gasteiger partial charge on any atom is -0.485 e. The minimum atomic E-state index is -0.290. The summed E-state index contributed by atoms with van der Waals surface area (Å²) in [5.41, 5.74) is 2.77. The van der Waals surface area contributed by atoms with Crippen molar-refractivity contribution in [2.24, 2.45) is 7.05 Å². The van der Waals surface area contributed by atoms with Crippen molar-refractivity contribution < 1.29 is 13.9 Å². The molecule has 0 aliphatic heterocycles. The topological polar surface area (TPSA) is 69.3 Å². The number of carbonyl (C=O) groups excluding carboxylic acids is 1. The van der Waals surface area contributed by atoms with Gasteiger partial charge in [-0.3, -0.25) is 9.48 Å². The highest BCUT2D eigenvalue weighted by atomic mass is 35.5. The molecule has 28 heavy (non-hydrogen) atoms. The SMILES string of the molecule is Cc1cc(OCc2ccc(C(=O)NCc3ccn(C)n3)o2)c(C(C)C)cc1Cl. The molecule has 1 aromatic carbocycles. The van der Waals surface area contributed by atoms with Crippen LogP contribution in [0.5, 0.6) is 5.75 Å². The molecule has 1 amide bonds. The maximum atomic E-state index is 12.2. The van der Waals surface area contributed by atoms with Gasteiger partial charge in [0.05, 0.1) is 12.2 Å². The van der Waals surface area contributed by atoms with Crippen molar-refractivity contribution in [3.8, 4) is 5.75 Å². The van der Waals surface area contributed by atoms with Gasteiger partial charge in [-0.2, -0.15) is 5.10 Å². The van der Waals surface area contributed by atoms with Gasteiger partial charge in [0, 0.05) is 18.3 Å². The minimum absolute atomic E-state index is 0.230. The number of ether oxygens (including phenoxy) is 1. The van der Waals surface area contributed by atoms with Crippen molar-refractivity contribution in [1.82, 2.24) is 15.1 Å². The first-order valence-electron chi connectivity index (χ1n) is 9.11. The molecule has 3 aromatic rings. The van der Waals surface area contributed by atoms with E-state index in [1.165, 1.54) is 0 Å². The smallest absolute Gasteiger partial charge is 0.287 e. The number of halogens is 1. The Labute approximate surface area is 169 Å². The number of hydrogen-bond acceptors (Lipinski definition) is 4. The van der Waals surface area contributed by atoms with Crippen LogP contribution in [0.4, 0.5) is 0 Å². The van der Waals surface area contributed by atoms with E-state index in [1.807, 2.05) is 38.4 Å². The summed E-state index contributed by atoms with van der Waals surface area (Å²) in [4.78, 5) is 12.2. The van der Waals surface area contributed by atoms with E-state index in [0.717, 1.165) is 27.6 Å². The second-order valence-electron chi connectivity index (χ2n) is 7.01. The zero-order valence-corrected chi connectivity index (χ0v) is 17.2. The summed E-state index contributed by atoms with van der Waals surface area (Å²) in [5, 5.41) is 7.73. The fraction of sp³-hybridized carbons (Fsp3) is 0.333. The molecule has 0 atom stereocenters. The van der Waals surface area contributed by atoms with Crippen LogP contribution < -0.4 is 10.1 Å². The van der Waals surface area contributed by atoms with Crippen LogP contribution in [-0.4, -0.2) is 15.7 Å². The quantitative estimate of drug-likeness (QED) is 0.627. The first kappa shape index (κ1) is 20.0. The molecule has 3 rings (SSSR count). The standard InChI is InChI=1S/C21H24ClN3O3/c1-13(2)17-10-18(22)14(3)9-20(17)27-12-16-5-6-19(28-16)21(26)23-11-15-7-8-25(4)24-15/h5-10,13H,11-12H2,1-4H3,(H,23,26). The number of rotatable bonds is 7. The lowest BCUT2D eigenvalue weighted by atomic mass is 10.0. The van der Waals surface area contributed by atoms with Gasteiger partial charge in [-0.1, -0.05) is 25.4 Å². The summed E-state index contributed by atoms with van der Waals surface area (Å²) in [6.45, 7) is 6.69. The van der Waals surface area contributed by atoms with Crippen LogP contribution in [0, 0.1) is 6.92 Å². The van der Waals surface area contributed by atoms with E-state index in [-0.39, 0.29) is 24.2 Å². The number of nitrogens with one attached hydrogen (secondary N) is 1. The highest BCUT2D eigenvalue weighted by Crippen LogP contribution is 2.32. The van der Waals surface area contributed by atoms with Gasteiger partial charge in [0.2, 0.25) is 0 Å². The summed E-state index contributed by atoms with van der Waals surface area (Å²) in [6, 6.07) is 9.11. The largest absolute Gasteiger partial charge is 0.485 e. The first-order chi connectivity index (χ1) is 13.3. The van der Waals surface area contributed by atoms with Crippen molar-refractivity contribution in [3.63, 3.8) is 0 Å². The second kappa shape index (κ2) is 8.52. The van der Waals surface area contributed by atoms with Crippen LogP contribution in [0.3, 0.4) is 0 Å². The first-order valence-corrected chi connectivity index (χ1v) is 9.49. The molecule has 0 aliphatic rings. The summed E-state index contributed by atoms with van der Waals surface area (Å²) >= 11 is 6.24. The van der Waals surface area contributed by atoms with Gasteiger partial charge in [-0.15, -0.1) is 0 Å². The number of benzene rings is 1. The third-order valence-corrected chi connectivity index (χ3v) is 4.77. The Kier molecular flexibility index (Phi) is 6.09. The Bertz CT molecular complexity index is 975. The molecule has 6 nitrogen and oxygen atoms in total. The highest BCUT2D eigenvalue weighted by molar-refractivity contribution is 6.31. The maximum Gasteiger partial charge on any atom is 0.287 e. The molecule has 1 N–H and O–H groups in total. The number of aryl methyl sites for hydroxylation is 2. The Morgan fingerprint density at radius 1 is 1.32 bits per heavy atom. The van der Waals surface area contributed by atoms with Crippen molar-refractivity contribution >= 4 is 17.5 Å². The van der Waals surface area contributed by atoms with Crippen LogP contribution in [0.15, 0.2) is 40.9 Å². The zero-order valence-electron chi connectivity index (χ0n) is 16.5. The molecule has 148 valence electrons. The molecule has 7 heteroatoms. The number of carbonyl (C=O) groups is 1. The molecule has 0 saturated carbocycles. The summed E-state index contributed by atoms with van der Waals surface area (Å²) < 4.78 is 13.3. The third kappa shape index (κ3) is 4.75. The predicted octanol–water partition coefficient (Wildman–Crippen LogP) is 4.61. The fourth-order valence-electron chi connectivity index (χ4n) is 2.79. The Hall–Kier alpha value is -2.73. The molecule has 2 heterocycles. The summed E-state index contributed by atoms with van der Waals surface area (Å²) in [5.74, 6) is 1.57. The van der Waals surface area contributed by atoms with Gasteiger partial charge < -0.3 is 14.5 Å². The Morgan fingerprint density at radius 2 is 2.11 bits per heavy atom. The fourth-order valence-corrected chi connectivity index (χ4v) is 2.96.